The van der Waals surface area contributed by atoms with Crippen LogP contribution in [0.1, 0.15) is 11.3 Å². The Morgan fingerprint density at radius 2 is 1.60 bits per heavy atom. The van der Waals surface area contributed by atoms with Gasteiger partial charge >= 0.3 is 0 Å². The molecule has 4 rings (SSSR count). The average molecular weight is 420 g/mol. The van der Waals surface area contributed by atoms with Crippen molar-refractivity contribution in [2.75, 3.05) is 11.3 Å². The van der Waals surface area contributed by atoms with Gasteiger partial charge in [0.05, 0.1) is 22.5 Å². The molecule has 0 spiro atoms. The maximum Gasteiger partial charge on any atom is 0.263 e. The van der Waals surface area contributed by atoms with Crippen molar-refractivity contribution in [1.29, 1.82) is 0 Å². The number of aryl methyl sites for hydroxylation is 1. The molecule has 0 fully saturated rings. The van der Waals surface area contributed by atoms with Gasteiger partial charge in [-0.25, -0.2) is 18.4 Å². The molecule has 2 heterocycles. The summed E-state index contributed by atoms with van der Waals surface area (Å²) in [5.41, 5.74) is 2.69. The highest BCUT2D eigenvalue weighted by Gasteiger charge is 2.21. The van der Waals surface area contributed by atoms with Gasteiger partial charge in [0.1, 0.15) is 0 Å². The summed E-state index contributed by atoms with van der Waals surface area (Å²) in [6.45, 7) is 2.02. The smallest absolute Gasteiger partial charge is 0.263 e. The van der Waals surface area contributed by atoms with E-state index >= 15 is 0 Å². The first-order chi connectivity index (χ1) is 14.5. The highest BCUT2D eigenvalue weighted by molar-refractivity contribution is 7.92. The Hall–Kier alpha value is -3.52. The van der Waals surface area contributed by atoms with E-state index in [1.807, 2.05) is 30.3 Å². The SMILES string of the molecule is Cc1ccccc1S(=O)(=O)Nc1nc2ccccc2nc1OCCc1ccccn1. The molecule has 0 aliphatic heterocycles. The second-order valence-corrected chi connectivity index (χ2v) is 8.31. The third-order valence-electron chi connectivity index (χ3n) is 4.48. The van der Waals surface area contributed by atoms with E-state index in [-0.39, 0.29) is 23.2 Å². The third-order valence-corrected chi connectivity index (χ3v) is 5.98. The van der Waals surface area contributed by atoms with Gasteiger partial charge in [0, 0.05) is 18.3 Å². The van der Waals surface area contributed by atoms with Crippen LogP contribution in [0.25, 0.3) is 11.0 Å². The van der Waals surface area contributed by atoms with Gasteiger partial charge in [0.15, 0.2) is 0 Å². The highest BCUT2D eigenvalue weighted by Crippen LogP contribution is 2.27. The van der Waals surface area contributed by atoms with Gasteiger partial charge in [-0.2, -0.15) is 0 Å². The maximum atomic E-state index is 13.0. The number of para-hydroxylation sites is 2. The number of anilines is 1. The number of hydrogen-bond acceptors (Lipinski definition) is 6. The number of nitrogens with one attached hydrogen (secondary N) is 1. The highest BCUT2D eigenvalue weighted by atomic mass is 32.2. The minimum Gasteiger partial charge on any atom is -0.475 e. The summed E-state index contributed by atoms with van der Waals surface area (Å²) in [4.78, 5) is 13.4. The Kier molecular flexibility index (Phi) is 5.58. The predicted octanol–water partition coefficient (Wildman–Crippen LogP) is 3.76. The van der Waals surface area contributed by atoms with Crippen LogP contribution in [0.15, 0.2) is 77.8 Å². The lowest BCUT2D eigenvalue weighted by Crippen LogP contribution is -2.17. The summed E-state index contributed by atoms with van der Waals surface area (Å²) < 4.78 is 34.3. The summed E-state index contributed by atoms with van der Waals surface area (Å²) in [6, 6.07) is 19.6. The summed E-state index contributed by atoms with van der Waals surface area (Å²) in [6.07, 6.45) is 2.27. The molecule has 0 saturated heterocycles. The molecular weight excluding hydrogens is 400 g/mol. The molecule has 0 amide bonds. The van der Waals surface area contributed by atoms with Crippen molar-refractivity contribution in [1.82, 2.24) is 15.0 Å². The van der Waals surface area contributed by atoms with E-state index < -0.39 is 10.0 Å². The number of pyridine rings is 1. The van der Waals surface area contributed by atoms with E-state index in [9.17, 15) is 8.42 Å². The Labute approximate surface area is 174 Å². The molecule has 0 aliphatic carbocycles. The Morgan fingerprint density at radius 1 is 0.900 bits per heavy atom. The molecule has 0 bridgehead atoms. The van der Waals surface area contributed by atoms with E-state index in [4.69, 9.17) is 4.74 Å². The van der Waals surface area contributed by atoms with E-state index in [1.54, 1.807) is 49.5 Å². The van der Waals surface area contributed by atoms with Gasteiger partial charge in [-0.1, -0.05) is 36.4 Å². The van der Waals surface area contributed by atoms with Gasteiger partial charge in [-0.3, -0.25) is 9.71 Å². The topological polar surface area (TPSA) is 94.1 Å². The zero-order chi connectivity index (χ0) is 21.0. The van der Waals surface area contributed by atoms with Crippen molar-refractivity contribution in [2.24, 2.45) is 0 Å². The summed E-state index contributed by atoms with van der Waals surface area (Å²) in [7, 11) is -3.86. The first kappa shape index (κ1) is 19.8. The van der Waals surface area contributed by atoms with Crippen LogP contribution >= 0.6 is 0 Å². The minimum absolute atomic E-state index is 0.0537. The molecule has 4 aromatic rings. The van der Waals surface area contributed by atoms with Crippen molar-refractivity contribution in [3.8, 4) is 5.88 Å². The molecule has 152 valence electrons. The van der Waals surface area contributed by atoms with Crippen LogP contribution in [0.4, 0.5) is 5.82 Å². The van der Waals surface area contributed by atoms with Crippen LogP contribution in [-0.2, 0) is 16.4 Å². The van der Waals surface area contributed by atoms with E-state index in [0.717, 1.165) is 5.69 Å². The van der Waals surface area contributed by atoms with Gasteiger partial charge in [-0.15, -0.1) is 0 Å². The molecule has 0 radical (unpaired) electrons. The molecule has 0 aliphatic rings. The molecule has 0 atom stereocenters. The lowest BCUT2D eigenvalue weighted by molar-refractivity contribution is 0.310. The summed E-state index contributed by atoms with van der Waals surface area (Å²) in [5, 5.41) is 0. The summed E-state index contributed by atoms with van der Waals surface area (Å²) >= 11 is 0. The van der Waals surface area contributed by atoms with Crippen molar-refractivity contribution >= 4 is 26.9 Å². The largest absolute Gasteiger partial charge is 0.475 e. The number of fused-ring (bicyclic) bond motifs is 1. The average Bonchev–Trinajstić information content (AvgIpc) is 2.75. The van der Waals surface area contributed by atoms with Crippen molar-refractivity contribution < 1.29 is 13.2 Å². The first-order valence-corrected chi connectivity index (χ1v) is 10.9. The molecule has 30 heavy (non-hydrogen) atoms. The van der Waals surface area contributed by atoms with E-state index in [0.29, 0.717) is 23.0 Å². The molecule has 2 aromatic heterocycles. The Morgan fingerprint density at radius 3 is 2.33 bits per heavy atom. The van der Waals surface area contributed by atoms with Crippen molar-refractivity contribution in [3.63, 3.8) is 0 Å². The maximum absolute atomic E-state index is 13.0. The predicted molar refractivity (Wildman–Crippen MR) is 115 cm³/mol. The fourth-order valence-corrected chi connectivity index (χ4v) is 4.24. The molecule has 0 saturated carbocycles. The minimum atomic E-state index is -3.86. The standard InChI is InChI=1S/C22H20N4O3S/c1-16-8-2-5-12-20(16)30(27,28)26-21-22(25-19-11-4-3-10-18(19)24-21)29-15-13-17-9-6-7-14-23-17/h2-12,14H,13,15H2,1H3,(H,24,26). The normalized spacial score (nSPS) is 11.4. The summed E-state index contributed by atoms with van der Waals surface area (Å²) in [5.74, 6) is 0.180. The van der Waals surface area contributed by atoms with Gasteiger partial charge in [0.25, 0.3) is 15.9 Å². The Bertz CT molecular complexity index is 1280. The number of benzene rings is 2. The zero-order valence-electron chi connectivity index (χ0n) is 16.3. The molecular formula is C22H20N4O3S. The molecule has 0 unspecified atom stereocenters. The number of sulfonamides is 1. The van der Waals surface area contributed by atoms with Gasteiger partial charge in [-0.05, 0) is 42.8 Å². The number of rotatable bonds is 7. The zero-order valence-corrected chi connectivity index (χ0v) is 17.1. The fourth-order valence-electron chi connectivity index (χ4n) is 2.99. The second-order valence-electron chi connectivity index (χ2n) is 6.66. The molecule has 2 aromatic carbocycles. The van der Waals surface area contributed by atoms with Gasteiger partial charge < -0.3 is 4.74 Å². The van der Waals surface area contributed by atoms with Gasteiger partial charge in [0.2, 0.25) is 5.82 Å². The molecule has 8 heteroatoms. The quantitative estimate of drug-likeness (QED) is 0.489. The van der Waals surface area contributed by atoms with Crippen LogP contribution < -0.4 is 9.46 Å². The monoisotopic (exact) mass is 420 g/mol. The van der Waals surface area contributed by atoms with Crippen molar-refractivity contribution in [2.45, 2.75) is 18.2 Å². The number of hydrogen-bond donors (Lipinski definition) is 1. The lowest BCUT2D eigenvalue weighted by atomic mass is 10.2. The second kappa shape index (κ2) is 8.46. The van der Waals surface area contributed by atoms with Crippen LogP contribution in [0.2, 0.25) is 0 Å². The van der Waals surface area contributed by atoms with Crippen molar-refractivity contribution in [3.05, 3.63) is 84.2 Å². The lowest BCUT2D eigenvalue weighted by Gasteiger charge is -2.14. The van der Waals surface area contributed by atoms with Crippen LogP contribution in [-0.4, -0.2) is 30.0 Å². The first-order valence-electron chi connectivity index (χ1n) is 9.41. The van der Waals surface area contributed by atoms with Crippen LogP contribution in [0.5, 0.6) is 5.88 Å². The molecule has 7 nitrogen and oxygen atoms in total. The fraction of sp³-hybridized carbons (Fsp3) is 0.136. The van der Waals surface area contributed by atoms with Crippen LogP contribution in [0, 0.1) is 6.92 Å². The number of nitrogens with zero attached hydrogens (tertiary/aromatic N) is 3. The third kappa shape index (κ3) is 4.38. The van der Waals surface area contributed by atoms with E-state index in [1.165, 1.54) is 0 Å². The van der Waals surface area contributed by atoms with E-state index in [2.05, 4.69) is 19.7 Å². The van der Waals surface area contributed by atoms with Crippen LogP contribution in [0.3, 0.4) is 0 Å². The number of ether oxygens (including phenoxy) is 1. The Balaban J connectivity index is 1.65. The number of aromatic nitrogens is 3. The molecule has 1 N–H and O–H groups in total.